The predicted octanol–water partition coefficient (Wildman–Crippen LogP) is 4.91. The fraction of sp³-hybridized carbons (Fsp3) is 0.211. The normalized spacial score (nSPS) is 10.6. The van der Waals surface area contributed by atoms with Crippen LogP contribution in [0.25, 0.3) is 0 Å². The number of nitrogens with one attached hydrogen (secondary N) is 1. The minimum atomic E-state index is 0.485. The fourth-order valence-corrected chi connectivity index (χ4v) is 2.77. The number of nitrogens with zero attached hydrogens (tertiary/aromatic N) is 4. The van der Waals surface area contributed by atoms with Gasteiger partial charge < -0.3 is 10.2 Å². The molecule has 3 aromatic rings. The molecule has 0 fully saturated rings. The quantitative estimate of drug-likeness (QED) is 0.650. The second kappa shape index (κ2) is 8.34. The summed E-state index contributed by atoms with van der Waals surface area (Å²) in [5.41, 5.74) is 2.91. The molecule has 0 atom stereocenters. The van der Waals surface area contributed by atoms with Crippen molar-refractivity contribution in [1.29, 1.82) is 0 Å². The lowest BCUT2D eigenvalue weighted by Gasteiger charge is -2.19. The van der Waals surface area contributed by atoms with Gasteiger partial charge in [0, 0.05) is 43.4 Å². The summed E-state index contributed by atoms with van der Waals surface area (Å²) in [5.74, 6) is 1.38. The summed E-state index contributed by atoms with van der Waals surface area (Å²) in [6.07, 6.45) is 4.53. The van der Waals surface area contributed by atoms with E-state index in [1.54, 1.807) is 12.1 Å². The van der Waals surface area contributed by atoms with E-state index in [1.165, 1.54) is 5.56 Å². The molecule has 0 amide bonds. The molecular formula is C19H19Cl2N5. The number of pyridine rings is 1. The van der Waals surface area contributed by atoms with Crippen LogP contribution in [0.4, 0.5) is 17.5 Å². The number of hydrogen-bond donors (Lipinski definition) is 1. The van der Waals surface area contributed by atoms with Crippen LogP contribution in [-0.4, -0.2) is 28.5 Å². The maximum absolute atomic E-state index is 6.07. The van der Waals surface area contributed by atoms with Crippen LogP contribution in [0.1, 0.15) is 11.3 Å². The highest BCUT2D eigenvalue weighted by molar-refractivity contribution is 6.42. The second-order valence-corrected chi connectivity index (χ2v) is 6.79. The summed E-state index contributed by atoms with van der Waals surface area (Å²) in [4.78, 5) is 15.2. The summed E-state index contributed by atoms with van der Waals surface area (Å²) >= 11 is 12.0. The summed E-state index contributed by atoms with van der Waals surface area (Å²) in [6, 6.07) is 11.3. The van der Waals surface area contributed by atoms with Crippen LogP contribution in [0.3, 0.4) is 0 Å². The molecule has 0 bridgehead atoms. The minimum Gasteiger partial charge on any atom is -0.359 e. The molecule has 0 saturated heterocycles. The van der Waals surface area contributed by atoms with E-state index in [0.717, 1.165) is 30.2 Å². The Morgan fingerprint density at radius 1 is 1.00 bits per heavy atom. The average Bonchev–Trinajstić information content (AvgIpc) is 2.63. The van der Waals surface area contributed by atoms with Gasteiger partial charge in [0.25, 0.3) is 0 Å². The Morgan fingerprint density at radius 3 is 2.50 bits per heavy atom. The first-order chi connectivity index (χ1) is 12.5. The van der Waals surface area contributed by atoms with Crippen molar-refractivity contribution in [3.8, 4) is 0 Å². The third-order valence-electron chi connectivity index (χ3n) is 3.89. The van der Waals surface area contributed by atoms with E-state index in [1.807, 2.05) is 50.6 Å². The lowest BCUT2D eigenvalue weighted by Crippen LogP contribution is -2.22. The minimum absolute atomic E-state index is 0.485. The SMILES string of the molecule is Cc1cc(N(C)CCc2ccncc2)nc(Nc2ccc(Cl)c(Cl)c2)n1. The highest BCUT2D eigenvalue weighted by atomic mass is 35.5. The van der Waals surface area contributed by atoms with Gasteiger partial charge in [-0.3, -0.25) is 4.98 Å². The number of hydrogen-bond acceptors (Lipinski definition) is 5. The number of anilines is 3. The molecule has 0 aliphatic rings. The fourth-order valence-electron chi connectivity index (χ4n) is 2.47. The molecule has 7 heteroatoms. The molecule has 0 spiro atoms. The zero-order valence-electron chi connectivity index (χ0n) is 14.6. The van der Waals surface area contributed by atoms with Crippen molar-refractivity contribution < 1.29 is 0 Å². The van der Waals surface area contributed by atoms with Crippen molar-refractivity contribution in [3.63, 3.8) is 0 Å². The molecule has 0 radical (unpaired) electrons. The number of benzene rings is 1. The topological polar surface area (TPSA) is 53.9 Å². The number of rotatable bonds is 6. The smallest absolute Gasteiger partial charge is 0.229 e. The summed E-state index contributed by atoms with van der Waals surface area (Å²) in [7, 11) is 2.02. The second-order valence-electron chi connectivity index (χ2n) is 5.97. The summed E-state index contributed by atoms with van der Waals surface area (Å²) in [5, 5.41) is 4.18. The van der Waals surface area contributed by atoms with Gasteiger partial charge >= 0.3 is 0 Å². The zero-order chi connectivity index (χ0) is 18.5. The van der Waals surface area contributed by atoms with E-state index in [9.17, 15) is 0 Å². The van der Waals surface area contributed by atoms with Crippen LogP contribution in [0, 0.1) is 6.92 Å². The summed E-state index contributed by atoms with van der Waals surface area (Å²) < 4.78 is 0. The first kappa shape index (κ1) is 18.4. The van der Waals surface area contributed by atoms with Gasteiger partial charge in [-0.2, -0.15) is 4.98 Å². The molecular weight excluding hydrogens is 369 g/mol. The first-order valence-corrected chi connectivity index (χ1v) is 8.94. The molecule has 0 aliphatic carbocycles. The third-order valence-corrected chi connectivity index (χ3v) is 4.63. The number of aromatic nitrogens is 3. The van der Waals surface area contributed by atoms with Crippen molar-refractivity contribution in [2.45, 2.75) is 13.3 Å². The highest BCUT2D eigenvalue weighted by Gasteiger charge is 2.08. The third kappa shape index (κ3) is 4.84. The first-order valence-electron chi connectivity index (χ1n) is 8.19. The lowest BCUT2D eigenvalue weighted by atomic mass is 10.2. The molecule has 26 heavy (non-hydrogen) atoms. The van der Waals surface area contributed by atoms with E-state index in [0.29, 0.717) is 16.0 Å². The van der Waals surface area contributed by atoms with Crippen LogP contribution >= 0.6 is 23.2 Å². The van der Waals surface area contributed by atoms with E-state index >= 15 is 0 Å². The molecule has 5 nitrogen and oxygen atoms in total. The van der Waals surface area contributed by atoms with E-state index in [-0.39, 0.29) is 0 Å². The maximum atomic E-state index is 6.07. The van der Waals surface area contributed by atoms with Crippen molar-refractivity contribution in [2.24, 2.45) is 0 Å². The molecule has 1 aromatic carbocycles. The maximum Gasteiger partial charge on any atom is 0.229 e. The van der Waals surface area contributed by atoms with Crippen molar-refractivity contribution in [2.75, 3.05) is 23.8 Å². The Labute approximate surface area is 163 Å². The highest BCUT2D eigenvalue weighted by Crippen LogP contribution is 2.26. The number of likely N-dealkylation sites (N-methyl/N-ethyl adjacent to an activating group) is 1. The Bertz CT molecular complexity index is 886. The van der Waals surface area contributed by atoms with Crippen LogP contribution in [0.5, 0.6) is 0 Å². The molecule has 0 aliphatic heterocycles. The van der Waals surface area contributed by atoms with Crippen LogP contribution in [0.15, 0.2) is 48.8 Å². The number of halogens is 2. The van der Waals surface area contributed by atoms with E-state index < -0.39 is 0 Å². The molecule has 134 valence electrons. The number of aryl methyl sites for hydroxylation is 1. The van der Waals surface area contributed by atoms with Gasteiger partial charge in [-0.15, -0.1) is 0 Å². The lowest BCUT2D eigenvalue weighted by molar-refractivity contribution is 0.853. The van der Waals surface area contributed by atoms with Gasteiger partial charge in [0.15, 0.2) is 0 Å². The molecule has 0 saturated carbocycles. The van der Waals surface area contributed by atoms with Crippen molar-refractivity contribution in [3.05, 3.63) is 70.1 Å². The van der Waals surface area contributed by atoms with Gasteiger partial charge in [-0.05, 0) is 49.2 Å². The van der Waals surface area contributed by atoms with Gasteiger partial charge in [0.1, 0.15) is 5.82 Å². The van der Waals surface area contributed by atoms with E-state index in [2.05, 4.69) is 25.2 Å². The zero-order valence-corrected chi connectivity index (χ0v) is 16.1. The molecule has 1 N–H and O–H groups in total. The Balaban J connectivity index is 1.73. The van der Waals surface area contributed by atoms with Gasteiger partial charge in [-0.25, -0.2) is 4.98 Å². The molecule has 2 aromatic heterocycles. The van der Waals surface area contributed by atoms with Crippen LogP contribution in [-0.2, 0) is 6.42 Å². The largest absolute Gasteiger partial charge is 0.359 e. The van der Waals surface area contributed by atoms with Crippen LogP contribution in [0.2, 0.25) is 10.0 Å². The Kier molecular flexibility index (Phi) is 5.91. The van der Waals surface area contributed by atoms with Gasteiger partial charge in [-0.1, -0.05) is 23.2 Å². The molecule has 0 unspecified atom stereocenters. The Morgan fingerprint density at radius 2 is 1.77 bits per heavy atom. The molecule has 2 heterocycles. The monoisotopic (exact) mass is 387 g/mol. The summed E-state index contributed by atoms with van der Waals surface area (Å²) in [6.45, 7) is 2.79. The molecule has 3 rings (SSSR count). The van der Waals surface area contributed by atoms with E-state index in [4.69, 9.17) is 23.2 Å². The van der Waals surface area contributed by atoms with Gasteiger partial charge in [0.2, 0.25) is 5.95 Å². The van der Waals surface area contributed by atoms with Crippen molar-refractivity contribution in [1.82, 2.24) is 15.0 Å². The average molecular weight is 388 g/mol. The van der Waals surface area contributed by atoms with Gasteiger partial charge in [0.05, 0.1) is 10.0 Å². The predicted molar refractivity (Wildman–Crippen MR) is 108 cm³/mol. The van der Waals surface area contributed by atoms with Crippen molar-refractivity contribution >= 4 is 40.7 Å². The Hall–Kier alpha value is -2.37. The van der Waals surface area contributed by atoms with Crippen LogP contribution < -0.4 is 10.2 Å². The standard InChI is InChI=1S/C19H19Cl2N5/c1-13-11-18(26(2)10-7-14-5-8-22-9-6-14)25-19(23-13)24-15-3-4-16(20)17(21)12-15/h3-6,8-9,11-12H,7,10H2,1-2H3,(H,23,24,25).